The van der Waals surface area contributed by atoms with E-state index in [1.807, 2.05) is 77.8 Å². The van der Waals surface area contributed by atoms with Crippen molar-refractivity contribution in [3.63, 3.8) is 0 Å². The number of imidazole rings is 1. The second kappa shape index (κ2) is 6.14. The molecule has 25 heavy (non-hydrogen) atoms. The molecule has 0 aliphatic rings. The maximum Gasteiger partial charge on any atom is 0.230 e. The van der Waals surface area contributed by atoms with Gasteiger partial charge in [0, 0.05) is 19.0 Å². The Hall–Kier alpha value is -2.99. The van der Waals surface area contributed by atoms with Gasteiger partial charge in [0.05, 0.1) is 22.3 Å². The van der Waals surface area contributed by atoms with E-state index in [1.165, 1.54) is 0 Å². The molecule has 0 unspecified atom stereocenters. The van der Waals surface area contributed by atoms with Crippen molar-refractivity contribution in [2.75, 3.05) is 0 Å². The summed E-state index contributed by atoms with van der Waals surface area (Å²) >= 11 is 5.62. The summed E-state index contributed by atoms with van der Waals surface area (Å²) in [4.78, 5) is 9.13. The molecule has 2 aromatic carbocycles. The smallest absolute Gasteiger partial charge is 0.230 e. The number of aryl methyl sites for hydroxylation is 2. The van der Waals surface area contributed by atoms with Crippen molar-refractivity contribution in [2.45, 2.75) is 6.92 Å². The Morgan fingerprint density at radius 3 is 2.56 bits per heavy atom. The minimum absolute atomic E-state index is 0.655. The van der Waals surface area contributed by atoms with Gasteiger partial charge in [0.1, 0.15) is 4.64 Å². The van der Waals surface area contributed by atoms with Gasteiger partial charge in [-0.3, -0.25) is 5.10 Å². The largest absolute Gasteiger partial charge is 0.311 e. The Kier molecular flexibility index (Phi) is 3.82. The second-order valence-electron chi connectivity index (χ2n) is 5.84. The summed E-state index contributed by atoms with van der Waals surface area (Å²) in [6.45, 7) is 1.99. The third-order valence-electron chi connectivity index (χ3n) is 4.20. The van der Waals surface area contributed by atoms with Crippen LogP contribution >= 0.6 is 12.2 Å². The van der Waals surface area contributed by atoms with Crippen molar-refractivity contribution in [2.24, 2.45) is 12.0 Å². The zero-order valence-corrected chi connectivity index (χ0v) is 14.8. The number of aromatic nitrogens is 4. The molecule has 4 rings (SSSR count). The van der Waals surface area contributed by atoms with E-state index in [4.69, 9.17) is 12.2 Å². The molecular formula is C19H17N5S. The van der Waals surface area contributed by atoms with Gasteiger partial charge >= 0.3 is 0 Å². The summed E-state index contributed by atoms with van der Waals surface area (Å²) in [6, 6.07) is 18.0. The highest BCUT2D eigenvalue weighted by atomic mass is 32.1. The number of H-pyrrole nitrogens is 1. The predicted molar refractivity (Wildman–Crippen MR) is 104 cm³/mol. The van der Waals surface area contributed by atoms with E-state index in [-0.39, 0.29) is 0 Å². The lowest BCUT2D eigenvalue weighted by atomic mass is 10.3. The van der Waals surface area contributed by atoms with Crippen molar-refractivity contribution in [3.05, 3.63) is 70.5 Å². The summed E-state index contributed by atoms with van der Waals surface area (Å²) in [5.74, 6) is 0.655. The van der Waals surface area contributed by atoms with Crippen LogP contribution in [0.5, 0.6) is 0 Å². The topological polar surface area (TPSA) is 50.9 Å². The summed E-state index contributed by atoms with van der Waals surface area (Å²) in [5.41, 5.74) is 4.85. The normalized spacial score (nSPS) is 11.6. The standard InChI is InChI=1S/C19H17N5S/c1-13-15(18(25)24(22-13)14-8-4-3-5-9-14)12-20-19-21-16-10-6-7-11-17(16)23(19)2/h3-12,22H,1-2H3/b20-12+. The zero-order valence-electron chi connectivity index (χ0n) is 14.0. The van der Waals surface area contributed by atoms with E-state index >= 15 is 0 Å². The molecule has 0 fully saturated rings. The van der Waals surface area contributed by atoms with Crippen LogP contribution in [0.15, 0.2) is 59.6 Å². The van der Waals surface area contributed by atoms with Gasteiger partial charge in [0.25, 0.3) is 0 Å². The molecule has 4 aromatic rings. The maximum atomic E-state index is 5.62. The average Bonchev–Trinajstić information content (AvgIpc) is 3.11. The molecule has 0 saturated heterocycles. The molecule has 5 nitrogen and oxygen atoms in total. The molecule has 1 N–H and O–H groups in total. The van der Waals surface area contributed by atoms with Crippen molar-refractivity contribution in [1.82, 2.24) is 19.3 Å². The minimum atomic E-state index is 0.655. The van der Waals surface area contributed by atoms with Gasteiger partial charge in [0.15, 0.2) is 0 Å². The molecule has 0 saturated carbocycles. The number of nitrogens with one attached hydrogen (secondary N) is 1. The van der Waals surface area contributed by atoms with Gasteiger partial charge < -0.3 is 4.57 Å². The van der Waals surface area contributed by atoms with E-state index in [2.05, 4.69) is 15.1 Å². The van der Waals surface area contributed by atoms with Crippen LogP contribution in [-0.4, -0.2) is 25.5 Å². The molecule has 0 radical (unpaired) electrons. The van der Waals surface area contributed by atoms with E-state index in [0.29, 0.717) is 10.6 Å². The number of hydrogen-bond acceptors (Lipinski definition) is 3. The summed E-state index contributed by atoms with van der Waals surface area (Å²) in [6.07, 6.45) is 1.79. The first-order valence-electron chi connectivity index (χ1n) is 7.98. The molecule has 6 heteroatoms. The minimum Gasteiger partial charge on any atom is -0.311 e. The van der Waals surface area contributed by atoms with Crippen LogP contribution in [0.1, 0.15) is 11.3 Å². The number of fused-ring (bicyclic) bond motifs is 1. The number of aliphatic imine (C=N–C) groups is 1. The Morgan fingerprint density at radius 1 is 1.08 bits per heavy atom. The monoisotopic (exact) mass is 347 g/mol. The van der Waals surface area contributed by atoms with E-state index in [9.17, 15) is 0 Å². The van der Waals surface area contributed by atoms with Gasteiger partial charge in [-0.2, -0.15) is 0 Å². The first kappa shape index (κ1) is 15.5. The van der Waals surface area contributed by atoms with Crippen molar-refractivity contribution in [1.29, 1.82) is 0 Å². The van der Waals surface area contributed by atoms with Gasteiger partial charge in [-0.05, 0) is 31.2 Å². The van der Waals surface area contributed by atoms with Crippen LogP contribution in [0.2, 0.25) is 0 Å². The fourth-order valence-corrected chi connectivity index (χ4v) is 3.20. The van der Waals surface area contributed by atoms with Crippen molar-refractivity contribution < 1.29 is 0 Å². The van der Waals surface area contributed by atoms with Crippen molar-refractivity contribution >= 4 is 35.4 Å². The molecule has 0 aliphatic carbocycles. The van der Waals surface area contributed by atoms with E-state index in [0.717, 1.165) is 28.0 Å². The Morgan fingerprint density at radius 2 is 1.80 bits per heavy atom. The van der Waals surface area contributed by atoms with Crippen LogP contribution in [-0.2, 0) is 7.05 Å². The van der Waals surface area contributed by atoms with Crippen LogP contribution in [0.4, 0.5) is 5.95 Å². The Balaban J connectivity index is 1.76. The number of aromatic amines is 1. The number of benzene rings is 2. The lowest BCUT2D eigenvalue weighted by molar-refractivity contribution is 0.853. The number of para-hydroxylation sites is 3. The quantitative estimate of drug-likeness (QED) is 0.439. The first-order chi connectivity index (χ1) is 12.1. The fraction of sp³-hybridized carbons (Fsp3) is 0.105. The molecule has 0 aliphatic heterocycles. The third-order valence-corrected chi connectivity index (χ3v) is 4.61. The van der Waals surface area contributed by atoms with E-state index in [1.54, 1.807) is 6.21 Å². The van der Waals surface area contributed by atoms with Gasteiger partial charge in [-0.1, -0.05) is 42.5 Å². The summed E-state index contributed by atoms with van der Waals surface area (Å²) in [7, 11) is 1.96. The predicted octanol–water partition coefficient (Wildman–Crippen LogP) is 4.48. The van der Waals surface area contributed by atoms with Gasteiger partial charge in [-0.25, -0.2) is 14.7 Å². The van der Waals surface area contributed by atoms with E-state index < -0.39 is 0 Å². The Bertz CT molecular complexity index is 1130. The highest BCUT2D eigenvalue weighted by Gasteiger charge is 2.09. The summed E-state index contributed by atoms with van der Waals surface area (Å²) in [5, 5.41) is 3.30. The number of nitrogens with zero attached hydrogens (tertiary/aromatic N) is 4. The summed E-state index contributed by atoms with van der Waals surface area (Å²) < 4.78 is 4.56. The number of rotatable bonds is 3. The molecule has 124 valence electrons. The molecule has 0 amide bonds. The highest BCUT2D eigenvalue weighted by Crippen LogP contribution is 2.20. The van der Waals surface area contributed by atoms with Crippen molar-refractivity contribution in [3.8, 4) is 5.69 Å². The maximum absolute atomic E-state index is 5.62. The lowest BCUT2D eigenvalue weighted by Gasteiger charge is -2.01. The SMILES string of the molecule is Cc1[nH]n(-c2ccccc2)c(=S)c1/C=N/c1nc2ccccc2n1C. The van der Waals surface area contributed by atoms with Crippen LogP contribution in [0.3, 0.4) is 0 Å². The highest BCUT2D eigenvalue weighted by molar-refractivity contribution is 7.71. The molecule has 0 spiro atoms. The van der Waals surface area contributed by atoms with Gasteiger partial charge in [0.2, 0.25) is 5.95 Å². The fourth-order valence-electron chi connectivity index (χ4n) is 2.84. The second-order valence-corrected chi connectivity index (χ2v) is 6.23. The molecule has 2 heterocycles. The molecule has 2 aromatic heterocycles. The molecule has 0 atom stereocenters. The zero-order chi connectivity index (χ0) is 17.4. The lowest BCUT2D eigenvalue weighted by Crippen LogP contribution is -1.95. The van der Waals surface area contributed by atoms with Crippen LogP contribution < -0.4 is 0 Å². The molecule has 0 bridgehead atoms. The first-order valence-corrected chi connectivity index (χ1v) is 8.38. The van der Waals surface area contributed by atoms with Gasteiger partial charge in [-0.15, -0.1) is 0 Å². The number of hydrogen-bond donors (Lipinski definition) is 1. The Labute approximate surface area is 150 Å². The van der Waals surface area contributed by atoms with Crippen LogP contribution in [0.25, 0.3) is 16.7 Å². The average molecular weight is 347 g/mol. The van der Waals surface area contributed by atoms with Crippen LogP contribution in [0, 0.1) is 11.6 Å². The molecular weight excluding hydrogens is 330 g/mol. The third kappa shape index (κ3) is 2.70.